The number of thiocarbonyl (C=S) groups is 1. The fraction of sp³-hybridized carbons (Fsp3) is 0.111. The second-order valence-electron chi connectivity index (χ2n) is 5.52. The fourth-order valence-electron chi connectivity index (χ4n) is 2.33. The topological polar surface area (TPSA) is 41.9 Å². The molecule has 0 unspecified atom stereocenters. The van der Waals surface area contributed by atoms with Crippen LogP contribution in [0.3, 0.4) is 0 Å². The van der Waals surface area contributed by atoms with Crippen LogP contribution in [0, 0.1) is 0 Å². The smallest absolute Gasteiger partial charge is 0.358 e. The third-order valence-corrected chi connectivity index (χ3v) is 3.89. The maximum Gasteiger partial charge on any atom is 0.416 e. The van der Waals surface area contributed by atoms with E-state index < -0.39 is 11.7 Å². The molecule has 0 bridgehead atoms. The summed E-state index contributed by atoms with van der Waals surface area (Å²) in [5.74, 6) is 0. The van der Waals surface area contributed by atoms with Gasteiger partial charge in [-0.1, -0.05) is 18.2 Å². The Kier molecular flexibility index (Phi) is 5.22. The molecular formula is C18H15F3N4S. The quantitative estimate of drug-likeness (QED) is 0.663. The van der Waals surface area contributed by atoms with E-state index in [0.717, 1.165) is 23.4 Å². The van der Waals surface area contributed by atoms with E-state index >= 15 is 0 Å². The first-order chi connectivity index (χ1) is 12.4. The molecule has 26 heavy (non-hydrogen) atoms. The lowest BCUT2D eigenvalue weighted by molar-refractivity contribution is -0.137. The molecule has 3 rings (SSSR count). The summed E-state index contributed by atoms with van der Waals surface area (Å²) in [6.07, 6.45) is 0.875. The number of nitrogens with one attached hydrogen (secondary N) is 2. The van der Waals surface area contributed by atoms with Crippen LogP contribution in [0.4, 0.5) is 18.9 Å². The fourth-order valence-corrected chi connectivity index (χ4v) is 2.52. The lowest BCUT2D eigenvalue weighted by Crippen LogP contribution is -2.28. The summed E-state index contributed by atoms with van der Waals surface area (Å²) in [6, 6.07) is 12.7. The molecule has 0 aliphatic rings. The van der Waals surface area contributed by atoms with Crippen molar-refractivity contribution in [2.75, 3.05) is 5.32 Å². The molecule has 1 heterocycles. The molecule has 0 radical (unpaired) electrons. The third-order valence-electron chi connectivity index (χ3n) is 3.64. The van der Waals surface area contributed by atoms with E-state index in [9.17, 15) is 13.2 Å². The van der Waals surface area contributed by atoms with Gasteiger partial charge in [0.2, 0.25) is 0 Å². The van der Waals surface area contributed by atoms with Gasteiger partial charge in [0.05, 0.1) is 11.9 Å². The Balaban J connectivity index is 1.56. The van der Waals surface area contributed by atoms with Crippen molar-refractivity contribution in [1.29, 1.82) is 0 Å². The molecule has 0 fully saturated rings. The first kappa shape index (κ1) is 17.9. The van der Waals surface area contributed by atoms with Crippen LogP contribution in [-0.4, -0.2) is 14.7 Å². The first-order valence-electron chi connectivity index (χ1n) is 7.71. The van der Waals surface area contributed by atoms with E-state index in [4.69, 9.17) is 12.2 Å². The van der Waals surface area contributed by atoms with Gasteiger partial charge in [0.15, 0.2) is 5.11 Å². The first-order valence-corrected chi connectivity index (χ1v) is 8.12. The van der Waals surface area contributed by atoms with Gasteiger partial charge in [0.25, 0.3) is 0 Å². The summed E-state index contributed by atoms with van der Waals surface area (Å²) >= 11 is 5.15. The second kappa shape index (κ2) is 7.57. The van der Waals surface area contributed by atoms with Crippen LogP contribution >= 0.6 is 12.2 Å². The highest BCUT2D eigenvalue weighted by Crippen LogP contribution is 2.30. The summed E-state index contributed by atoms with van der Waals surface area (Å²) in [7, 11) is 0. The standard InChI is InChI=1S/C18H15F3N4S/c19-18(20,21)14-2-1-3-15(10-14)24-17(26)23-11-13-4-6-16(7-5-13)25-9-8-22-12-25/h1-10,12H,11H2,(H2,23,24,26). The van der Waals surface area contributed by atoms with Crippen LogP contribution < -0.4 is 10.6 Å². The Hall–Kier alpha value is -2.87. The van der Waals surface area contributed by atoms with Crippen molar-refractivity contribution in [2.45, 2.75) is 12.7 Å². The Bertz CT molecular complexity index is 874. The molecule has 1 aromatic heterocycles. The monoisotopic (exact) mass is 376 g/mol. The molecule has 8 heteroatoms. The van der Waals surface area contributed by atoms with Gasteiger partial charge in [-0.05, 0) is 48.1 Å². The van der Waals surface area contributed by atoms with Crippen molar-refractivity contribution in [3.8, 4) is 5.69 Å². The number of hydrogen-bond donors (Lipinski definition) is 2. The molecule has 0 atom stereocenters. The molecule has 0 aliphatic heterocycles. The molecule has 0 saturated heterocycles. The third kappa shape index (κ3) is 4.60. The summed E-state index contributed by atoms with van der Waals surface area (Å²) < 4.78 is 40.1. The normalized spacial score (nSPS) is 11.2. The number of rotatable bonds is 4. The van der Waals surface area contributed by atoms with Crippen molar-refractivity contribution in [1.82, 2.24) is 14.9 Å². The van der Waals surface area contributed by atoms with Gasteiger partial charge in [0.1, 0.15) is 0 Å². The van der Waals surface area contributed by atoms with Crippen molar-refractivity contribution in [3.63, 3.8) is 0 Å². The second-order valence-corrected chi connectivity index (χ2v) is 5.93. The van der Waals surface area contributed by atoms with Crippen LogP contribution in [0.5, 0.6) is 0 Å². The van der Waals surface area contributed by atoms with Crippen LogP contribution in [-0.2, 0) is 12.7 Å². The summed E-state index contributed by atoms with van der Waals surface area (Å²) in [5, 5.41) is 6.00. The number of hydrogen-bond acceptors (Lipinski definition) is 2. The van der Waals surface area contributed by atoms with Gasteiger partial charge in [0, 0.05) is 30.3 Å². The van der Waals surface area contributed by atoms with E-state index in [1.807, 2.05) is 35.0 Å². The van der Waals surface area contributed by atoms with E-state index in [0.29, 0.717) is 6.54 Å². The molecule has 0 saturated carbocycles. The number of halogens is 3. The van der Waals surface area contributed by atoms with Gasteiger partial charge < -0.3 is 15.2 Å². The maximum atomic E-state index is 12.7. The number of aromatic nitrogens is 2. The van der Waals surface area contributed by atoms with Crippen molar-refractivity contribution in [2.24, 2.45) is 0 Å². The summed E-state index contributed by atoms with van der Waals surface area (Å²) in [6.45, 7) is 0.453. The van der Waals surface area contributed by atoms with E-state index in [-0.39, 0.29) is 10.8 Å². The van der Waals surface area contributed by atoms with Crippen LogP contribution in [0.15, 0.2) is 67.3 Å². The minimum Gasteiger partial charge on any atom is -0.358 e. The molecule has 2 aromatic carbocycles. The van der Waals surface area contributed by atoms with Crippen molar-refractivity contribution >= 4 is 23.0 Å². The van der Waals surface area contributed by atoms with Gasteiger partial charge in [-0.25, -0.2) is 4.98 Å². The molecule has 2 N–H and O–H groups in total. The van der Waals surface area contributed by atoms with Crippen LogP contribution in [0.1, 0.15) is 11.1 Å². The van der Waals surface area contributed by atoms with E-state index in [1.54, 1.807) is 12.5 Å². The zero-order valence-electron chi connectivity index (χ0n) is 13.5. The molecule has 0 aliphatic carbocycles. The Morgan fingerprint density at radius 2 is 1.88 bits per heavy atom. The van der Waals surface area contributed by atoms with Crippen LogP contribution in [0.2, 0.25) is 0 Å². The SMILES string of the molecule is FC(F)(F)c1cccc(NC(=S)NCc2ccc(-n3ccnc3)cc2)c1. The highest BCUT2D eigenvalue weighted by molar-refractivity contribution is 7.80. The highest BCUT2D eigenvalue weighted by atomic mass is 32.1. The van der Waals surface area contributed by atoms with Crippen LogP contribution in [0.25, 0.3) is 5.69 Å². The maximum absolute atomic E-state index is 12.7. The lowest BCUT2D eigenvalue weighted by atomic mass is 10.2. The average Bonchev–Trinajstić information content (AvgIpc) is 3.14. The Labute approximate surface area is 153 Å². The number of benzene rings is 2. The average molecular weight is 376 g/mol. The van der Waals surface area contributed by atoms with Gasteiger partial charge in [-0.3, -0.25) is 0 Å². The minimum absolute atomic E-state index is 0.253. The molecule has 0 amide bonds. The summed E-state index contributed by atoms with van der Waals surface area (Å²) in [4.78, 5) is 4.00. The zero-order valence-corrected chi connectivity index (χ0v) is 14.3. The summed E-state index contributed by atoms with van der Waals surface area (Å²) in [5.41, 5.74) is 1.53. The largest absolute Gasteiger partial charge is 0.416 e. The van der Waals surface area contributed by atoms with Gasteiger partial charge >= 0.3 is 6.18 Å². The lowest BCUT2D eigenvalue weighted by Gasteiger charge is -2.13. The minimum atomic E-state index is -4.39. The predicted octanol–water partition coefficient (Wildman–Crippen LogP) is 4.38. The van der Waals surface area contributed by atoms with Crippen molar-refractivity contribution < 1.29 is 13.2 Å². The molecule has 3 aromatic rings. The van der Waals surface area contributed by atoms with Gasteiger partial charge in [-0.15, -0.1) is 0 Å². The molecular weight excluding hydrogens is 361 g/mol. The molecule has 0 spiro atoms. The Morgan fingerprint density at radius 3 is 2.54 bits per heavy atom. The number of nitrogens with zero attached hydrogens (tertiary/aromatic N) is 2. The highest BCUT2D eigenvalue weighted by Gasteiger charge is 2.30. The number of alkyl halides is 3. The van der Waals surface area contributed by atoms with E-state index in [2.05, 4.69) is 15.6 Å². The predicted molar refractivity (Wildman–Crippen MR) is 98.1 cm³/mol. The molecule has 134 valence electrons. The number of imidazole rings is 1. The zero-order chi connectivity index (χ0) is 18.6. The van der Waals surface area contributed by atoms with E-state index in [1.165, 1.54) is 12.1 Å². The Morgan fingerprint density at radius 1 is 1.12 bits per heavy atom. The number of anilines is 1. The van der Waals surface area contributed by atoms with Crippen molar-refractivity contribution in [3.05, 3.63) is 78.4 Å². The van der Waals surface area contributed by atoms with Gasteiger partial charge in [-0.2, -0.15) is 13.2 Å². The molecule has 4 nitrogen and oxygen atoms in total.